The highest BCUT2D eigenvalue weighted by atomic mass is 19.1. The van der Waals surface area contributed by atoms with Crippen LogP contribution in [0.15, 0.2) is 77.0 Å². The topological polar surface area (TPSA) is 141 Å². The van der Waals surface area contributed by atoms with Crippen LogP contribution in [0.5, 0.6) is 0 Å². The van der Waals surface area contributed by atoms with Crippen LogP contribution in [0.3, 0.4) is 0 Å². The largest absolute Gasteiger partial charge is 0.405 e. The molecule has 1 aliphatic heterocycles. The van der Waals surface area contributed by atoms with Crippen LogP contribution in [0.2, 0.25) is 0 Å². The second-order valence-electron chi connectivity index (χ2n) is 9.61. The number of hydrogen-bond donors (Lipinski definition) is 5. The Morgan fingerprint density at radius 1 is 1.13 bits per heavy atom. The van der Waals surface area contributed by atoms with Crippen molar-refractivity contribution in [1.82, 2.24) is 10.2 Å². The van der Waals surface area contributed by atoms with Crippen molar-refractivity contribution < 1.29 is 14.3 Å². The van der Waals surface area contributed by atoms with E-state index in [0.717, 1.165) is 37.9 Å². The number of halogens is 1. The molecule has 1 fully saturated rings. The van der Waals surface area contributed by atoms with E-state index >= 15 is 0 Å². The van der Waals surface area contributed by atoms with Crippen LogP contribution in [0.4, 0.5) is 26.2 Å². The van der Waals surface area contributed by atoms with Crippen molar-refractivity contribution >= 4 is 35.5 Å². The smallest absolute Gasteiger partial charge is 0.319 e. The highest BCUT2D eigenvalue weighted by Crippen LogP contribution is 2.27. The molecule has 0 spiro atoms. The minimum absolute atomic E-state index is 0.236. The lowest BCUT2D eigenvalue weighted by Gasteiger charge is -2.37. The van der Waals surface area contributed by atoms with E-state index in [-0.39, 0.29) is 11.9 Å². The van der Waals surface area contributed by atoms with Gasteiger partial charge in [0.25, 0.3) is 0 Å². The summed E-state index contributed by atoms with van der Waals surface area (Å²) in [7, 11) is 0. The second kappa shape index (κ2) is 15.4. The molecular formula is C29H38FN7O2. The first-order valence-electron chi connectivity index (χ1n) is 13.1. The van der Waals surface area contributed by atoms with Crippen molar-refractivity contribution in [2.75, 3.05) is 18.4 Å². The summed E-state index contributed by atoms with van der Waals surface area (Å²) in [4.78, 5) is 23.4. The number of allylic oxidation sites excluding steroid dienone is 2. The number of hydrogen-bond acceptors (Lipinski definition) is 7. The molecule has 3 atom stereocenters. The number of nitrogens with one attached hydrogen (secondary N) is 2. The van der Waals surface area contributed by atoms with Crippen molar-refractivity contribution in [1.29, 1.82) is 0 Å². The monoisotopic (exact) mass is 535 g/mol. The summed E-state index contributed by atoms with van der Waals surface area (Å²) in [5.41, 5.74) is 13.5. The Kier molecular flexibility index (Phi) is 11.7. The Morgan fingerprint density at radius 2 is 1.77 bits per heavy atom. The number of aliphatic hydroxyl groups is 1. The van der Waals surface area contributed by atoms with Gasteiger partial charge in [0, 0.05) is 43.7 Å². The molecule has 0 bridgehead atoms. The van der Waals surface area contributed by atoms with Crippen molar-refractivity contribution in [3.8, 4) is 0 Å². The normalized spacial score (nSPS) is 18.3. The molecule has 0 saturated carbocycles. The first-order chi connectivity index (χ1) is 18.9. The van der Waals surface area contributed by atoms with Gasteiger partial charge in [0.05, 0.1) is 11.4 Å². The minimum atomic E-state index is -0.680. The lowest BCUT2D eigenvalue weighted by molar-refractivity contribution is -0.0306. The predicted molar refractivity (Wildman–Crippen MR) is 156 cm³/mol. The van der Waals surface area contributed by atoms with Gasteiger partial charge in [0.2, 0.25) is 0 Å². The SMILES string of the molecule is C[C@H](C[C@@H](O)N1CCC[C@@H](Cc2ccc(F)cc2)C1)NC(=O)Nc1cc(N=CC=CN)cc(N=CC=CN)c1. The van der Waals surface area contributed by atoms with E-state index < -0.39 is 12.3 Å². The second-order valence-corrected chi connectivity index (χ2v) is 9.61. The number of piperidine rings is 1. The Balaban J connectivity index is 1.54. The Bertz CT molecular complexity index is 1140. The molecule has 39 heavy (non-hydrogen) atoms. The fourth-order valence-corrected chi connectivity index (χ4v) is 4.58. The number of amides is 2. The number of benzene rings is 2. The highest BCUT2D eigenvalue weighted by Gasteiger charge is 2.26. The lowest BCUT2D eigenvalue weighted by atomic mass is 9.91. The van der Waals surface area contributed by atoms with E-state index in [2.05, 4.69) is 25.5 Å². The number of aliphatic imine (C=N–C) groups is 2. The van der Waals surface area contributed by atoms with Crippen molar-refractivity contribution in [3.63, 3.8) is 0 Å². The van der Waals surface area contributed by atoms with E-state index in [0.29, 0.717) is 29.4 Å². The summed E-state index contributed by atoms with van der Waals surface area (Å²) in [5.74, 6) is 0.151. The van der Waals surface area contributed by atoms with Crippen molar-refractivity contribution in [2.45, 2.75) is 44.9 Å². The van der Waals surface area contributed by atoms with E-state index in [1.807, 2.05) is 19.1 Å². The number of aliphatic hydroxyl groups excluding tert-OH is 1. The van der Waals surface area contributed by atoms with Crippen LogP contribution in [0.25, 0.3) is 0 Å². The van der Waals surface area contributed by atoms with Gasteiger partial charge in [-0.25, -0.2) is 9.18 Å². The quantitative estimate of drug-likeness (QED) is 0.272. The van der Waals surface area contributed by atoms with E-state index in [1.165, 1.54) is 24.5 Å². The fraction of sp³-hybridized carbons (Fsp3) is 0.345. The average molecular weight is 536 g/mol. The summed E-state index contributed by atoms with van der Waals surface area (Å²) in [6.07, 6.45) is 11.6. The van der Waals surface area contributed by atoms with Crippen LogP contribution in [0, 0.1) is 11.7 Å². The van der Waals surface area contributed by atoms with Gasteiger partial charge in [-0.15, -0.1) is 0 Å². The zero-order valence-electron chi connectivity index (χ0n) is 22.2. The van der Waals surface area contributed by atoms with Crippen LogP contribution in [0.1, 0.15) is 31.7 Å². The molecule has 1 aliphatic rings. The zero-order chi connectivity index (χ0) is 28.0. The van der Waals surface area contributed by atoms with E-state index in [9.17, 15) is 14.3 Å². The van der Waals surface area contributed by atoms with Crippen molar-refractivity contribution in [3.05, 3.63) is 78.4 Å². The maximum absolute atomic E-state index is 13.2. The number of urea groups is 1. The van der Waals surface area contributed by atoms with Gasteiger partial charge in [-0.05, 0) is 92.6 Å². The van der Waals surface area contributed by atoms with Gasteiger partial charge in [0.1, 0.15) is 12.0 Å². The minimum Gasteiger partial charge on any atom is -0.405 e. The van der Waals surface area contributed by atoms with Crippen LogP contribution >= 0.6 is 0 Å². The number of carbonyl (C=O) groups is 1. The molecular weight excluding hydrogens is 497 g/mol. The van der Waals surface area contributed by atoms with Gasteiger partial charge in [-0.3, -0.25) is 14.9 Å². The number of carbonyl (C=O) groups excluding carboxylic acids is 1. The lowest BCUT2D eigenvalue weighted by Crippen LogP contribution is -2.47. The number of nitrogens with zero attached hydrogens (tertiary/aromatic N) is 3. The van der Waals surface area contributed by atoms with Crippen LogP contribution in [-0.2, 0) is 6.42 Å². The molecule has 0 aromatic heterocycles. The Morgan fingerprint density at radius 3 is 2.38 bits per heavy atom. The van der Waals surface area contributed by atoms with E-state index in [1.54, 1.807) is 42.8 Å². The number of likely N-dealkylation sites (tertiary alicyclic amines) is 1. The summed E-state index contributed by atoms with van der Waals surface area (Å²) in [6.45, 7) is 3.42. The number of nitrogens with two attached hydrogens (primary N) is 2. The summed E-state index contributed by atoms with van der Waals surface area (Å²) < 4.78 is 13.2. The molecule has 2 amide bonds. The highest BCUT2D eigenvalue weighted by molar-refractivity contribution is 5.91. The molecule has 1 saturated heterocycles. The van der Waals surface area contributed by atoms with Crippen molar-refractivity contribution in [2.24, 2.45) is 27.4 Å². The molecule has 0 radical (unpaired) electrons. The third-order valence-corrected chi connectivity index (χ3v) is 6.35. The molecule has 7 N–H and O–H groups in total. The number of rotatable bonds is 11. The third kappa shape index (κ3) is 10.3. The van der Waals surface area contributed by atoms with Gasteiger partial charge in [-0.1, -0.05) is 12.1 Å². The van der Waals surface area contributed by atoms with Gasteiger partial charge in [-0.2, -0.15) is 0 Å². The maximum atomic E-state index is 13.2. The van der Waals surface area contributed by atoms with Crippen LogP contribution < -0.4 is 22.1 Å². The standard InChI is InChI=1S/C29H38FN7O2/c1-21(15-28(38)37-14-2-5-23(20-37)16-22-6-8-24(30)9-7-22)35-29(39)36-27-18-25(33-12-3-10-31)17-26(19-27)34-13-4-11-32/h3-4,6-13,17-19,21,23,28,38H,2,5,14-16,20,31-32H2,1H3,(H2,35,36,39)/t21-,23+,28-/m1/s1. The Labute approximate surface area is 229 Å². The molecule has 208 valence electrons. The van der Waals surface area contributed by atoms with Crippen LogP contribution in [-0.4, -0.2) is 53.8 Å². The number of anilines is 1. The average Bonchev–Trinajstić information content (AvgIpc) is 2.90. The summed E-state index contributed by atoms with van der Waals surface area (Å²) in [5, 5.41) is 16.6. The molecule has 9 nitrogen and oxygen atoms in total. The molecule has 3 rings (SSSR count). The molecule has 2 aromatic rings. The maximum Gasteiger partial charge on any atom is 0.319 e. The van der Waals surface area contributed by atoms with E-state index in [4.69, 9.17) is 11.5 Å². The van der Waals surface area contributed by atoms with Gasteiger partial charge < -0.3 is 27.2 Å². The third-order valence-electron chi connectivity index (χ3n) is 6.35. The fourth-order valence-electron chi connectivity index (χ4n) is 4.58. The first kappa shape index (κ1) is 29.5. The summed E-state index contributed by atoms with van der Waals surface area (Å²) in [6, 6.07) is 11.1. The first-order valence-corrected chi connectivity index (χ1v) is 13.1. The van der Waals surface area contributed by atoms with Gasteiger partial charge in [0.15, 0.2) is 0 Å². The van der Waals surface area contributed by atoms with Gasteiger partial charge >= 0.3 is 6.03 Å². The molecule has 1 heterocycles. The Hall–Kier alpha value is -4.02. The predicted octanol–water partition coefficient (Wildman–Crippen LogP) is 4.35. The zero-order valence-corrected chi connectivity index (χ0v) is 22.2. The molecule has 0 unspecified atom stereocenters. The summed E-state index contributed by atoms with van der Waals surface area (Å²) >= 11 is 0. The molecule has 2 aromatic carbocycles. The molecule has 0 aliphatic carbocycles. The molecule has 10 heteroatoms.